The number of nitrogens with zero attached hydrogens (tertiary/aromatic N) is 3. The Labute approximate surface area is 179 Å². The molecule has 0 amide bonds. The molecule has 3 heterocycles. The fourth-order valence-electron chi connectivity index (χ4n) is 3.07. The molecule has 0 bridgehead atoms. The van der Waals surface area contributed by atoms with Crippen LogP contribution in [-0.4, -0.2) is 58.0 Å². The highest BCUT2D eigenvalue weighted by Gasteiger charge is 2.43. The minimum atomic E-state index is -5.65. The first kappa shape index (κ1) is 25.3. The van der Waals surface area contributed by atoms with Crippen molar-refractivity contribution in [3.05, 3.63) is 18.1 Å². The average molecular weight is 519 g/mol. The number of hydrogen-bond donors (Lipinski definition) is 7. The normalized spacial score (nSPS) is 25.6. The van der Waals surface area contributed by atoms with Gasteiger partial charge in [0.05, 0.1) is 18.1 Å². The van der Waals surface area contributed by atoms with E-state index < -0.39 is 48.5 Å². The summed E-state index contributed by atoms with van der Waals surface area (Å²) >= 11 is 0. The fraction of sp³-hybridized carbons (Fsp3) is 0.500. The first-order valence-corrected chi connectivity index (χ1v) is 13.2. The van der Waals surface area contributed by atoms with Crippen molar-refractivity contribution in [3.63, 3.8) is 0 Å². The summed E-state index contributed by atoms with van der Waals surface area (Å²) < 4.78 is 52.8. The van der Waals surface area contributed by atoms with E-state index in [1.165, 1.54) is 6.33 Å². The van der Waals surface area contributed by atoms with Crippen molar-refractivity contribution >= 4 is 40.3 Å². The molecule has 1 fully saturated rings. The molecule has 17 nitrogen and oxygen atoms in total. The Hall–Kier alpha value is -1.29. The van der Waals surface area contributed by atoms with Gasteiger partial charge in [0.25, 0.3) is 0 Å². The number of aliphatic hydroxyl groups is 1. The van der Waals surface area contributed by atoms with Crippen molar-refractivity contribution < 1.29 is 56.3 Å². The first-order valence-electron chi connectivity index (χ1n) is 8.63. The molecule has 1 saturated heterocycles. The molecule has 0 aromatic carbocycles. The maximum atomic E-state index is 11.8. The van der Waals surface area contributed by atoms with Crippen LogP contribution in [0.3, 0.4) is 0 Å². The van der Waals surface area contributed by atoms with E-state index in [-0.39, 0.29) is 18.8 Å². The Morgan fingerprint density at radius 1 is 1.16 bits per heavy atom. The van der Waals surface area contributed by atoms with Gasteiger partial charge in [0.2, 0.25) is 0 Å². The van der Waals surface area contributed by atoms with Crippen molar-refractivity contribution in [1.29, 1.82) is 0 Å². The van der Waals surface area contributed by atoms with Crippen molar-refractivity contribution in [1.82, 2.24) is 14.5 Å². The minimum Gasteiger partial charge on any atom is -0.390 e. The van der Waals surface area contributed by atoms with E-state index >= 15 is 0 Å². The van der Waals surface area contributed by atoms with Crippen LogP contribution >= 0.6 is 23.5 Å². The van der Waals surface area contributed by atoms with Gasteiger partial charge in [0.1, 0.15) is 30.1 Å². The van der Waals surface area contributed by atoms with Crippen molar-refractivity contribution in [2.24, 2.45) is 5.73 Å². The third kappa shape index (κ3) is 5.98. The number of nitrogen functional groups attached to an aromatic ring is 1. The van der Waals surface area contributed by atoms with E-state index in [4.69, 9.17) is 30.9 Å². The summed E-state index contributed by atoms with van der Waals surface area (Å²) in [5, 5.41) is 10.8. The van der Waals surface area contributed by atoms with Crippen LogP contribution in [-0.2, 0) is 38.1 Å². The molecule has 5 atom stereocenters. The molecular formula is C12H20N5O12P3. The molecule has 0 spiro atoms. The number of rotatable bonds is 9. The molecule has 0 radical (unpaired) electrons. The Bertz CT molecular complexity index is 1140. The molecule has 3 rings (SSSR count). The number of anilines is 1. The molecule has 20 heteroatoms. The number of nitrogens with two attached hydrogens (primary N) is 2. The van der Waals surface area contributed by atoms with Crippen LogP contribution in [0.25, 0.3) is 11.0 Å². The molecular weight excluding hydrogens is 499 g/mol. The Morgan fingerprint density at radius 2 is 1.84 bits per heavy atom. The van der Waals surface area contributed by atoms with E-state index in [2.05, 4.69) is 23.1 Å². The van der Waals surface area contributed by atoms with Crippen LogP contribution in [0.2, 0.25) is 0 Å². The van der Waals surface area contributed by atoms with E-state index in [1.807, 2.05) is 0 Å². The van der Waals surface area contributed by atoms with Gasteiger partial charge in [-0.15, -0.1) is 0 Å². The van der Waals surface area contributed by atoms with Crippen molar-refractivity contribution in [2.75, 3.05) is 12.3 Å². The largest absolute Gasteiger partial charge is 0.490 e. The van der Waals surface area contributed by atoms with E-state index in [0.717, 1.165) is 0 Å². The van der Waals surface area contributed by atoms with Crippen LogP contribution in [0.15, 0.2) is 12.5 Å². The smallest absolute Gasteiger partial charge is 0.390 e. The fourth-order valence-corrected chi connectivity index (χ4v) is 6.10. The maximum absolute atomic E-state index is 11.8. The van der Waals surface area contributed by atoms with E-state index in [9.17, 15) is 23.7 Å². The Balaban J connectivity index is 1.69. The lowest BCUT2D eigenvalue weighted by Crippen LogP contribution is -2.26. The van der Waals surface area contributed by atoms with Crippen LogP contribution < -0.4 is 11.5 Å². The summed E-state index contributed by atoms with van der Waals surface area (Å²) in [4.78, 5) is 43.8. The van der Waals surface area contributed by atoms with Crippen LogP contribution in [0, 0.1) is 0 Å². The topological polar surface area (TPSA) is 272 Å². The highest BCUT2D eigenvalue weighted by Crippen LogP contribution is 2.66. The monoisotopic (exact) mass is 519 g/mol. The zero-order valence-corrected chi connectivity index (χ0v) is 18.6. The second-order valence-corrected chi connectivity index (χ2v) is 11.0. The third-order valence-electron chi connectivity index (χ3n) is 4.27. The van der Waals surface area contributed by atoms with Gasteiger partial charge in [-0.3, -0.25) is 4.52 Å². The summed E-state index contributed by atoms with van der Waals surface area (Å²) in [6.45, 7) is -0.673. The maximum Gasteiger partial charge on any atom is 0.490 e. The molecule has 9 N–H and O–H groups in total. The number of fused-ring (bicyclic) bond motifs is 1. The van der Waals surface area contributed by atoms with Crippen LogP contribution in [0.1, 0.15) is 18.2 Å². The van der Waals surface area contributed by atoms with Gasteiger partial charge in [-0.25, -0.2) is 23.7 Å². The molecule has 1 aliphatic heterocycles. The predicted molar refractivity (Wildman–Crippen MR) is 104 cm³/mol. The van der Waals surface area contributed by atoms with Gasteiger partial charge in [-0.1, -0.05) is 0 Å². The predicted octanol–water partition coefficient (Wildman–Crippen LogP) is -0.536. The summed E-state index contributed by atoms with van der Waals surface area (Å²) in [7, 11) is -16.5. The van der Waals surface area contributed by atoms with Gasteiger partial charge < -0.3 is 45.5 Å². The number of aliphatic hydroxyl groups excluding tert-OH is 1. The van der Waals surface area contributed by atoms with Gasteiger partial charge in [0.15, 0.2) is 0 Å². The molecule has 2 aromatic heterocycles. The van der Waals surface area contributed by atoms with E-state index in [1.54, 1.807) is 10.8 Å². The SMILES string of the molecule is NCc1cn([C@H]2CC(O)[C@@H](COP(=O)(O)OP(=O)(O)OP(=O)(O)O)O2)c2ncnc(N)c12. The minimum absolute atomic E-state index is 0.00211. The Kier molecular flexibility index (Phi) is 7.25. The summed E-state index contributed by atoms with van der Waals surface area (Å²) in [6.07, 6.45) is -0.364. The molecule has 1 aliphatic rings. The second kappa shape index (κ2) is 9.16. The molecule has 3 unspecified atom stereocenters. The molecule has 32 heavy (non-hydrogen) atoms. The molecule has 0 aliphatic carbocycles. The standard InChI is InChI=1S/C12H20N5O12P3/c13-2-6-3-17(12-10(6)11(14)15-5-16-12)9-1-7(18)8(27-9)4-26-31(22,23)29-32(24,25)28-30(19,20)21/h3,5,7-9,18H,1-2,4,13H2,(H,22,23)(H,24,25)(H2,14,15,16)(H2,19,20,21)/t7?,8-,9-/m1/s1. The van der Waals surface area contributed by atoms with E-state index in [0.29, 0.717) is 16.6 Å². The summed E-state index contributed by atoms with van der Waals surface area (Å²) in [5.74, 6) is 0.192. The van der Waals surface area contributed by atoms with Crippen molar-refractivity contribution in [3.8, 4) is 0 Å². The van der Waals surface area contributed by atoms with Crippen LogP contribution in [0.4, 0.5) is 5.82 Å². The zero-order valence-electron chi connectivity index (χ0n) is 15.9. The quantitative estimate of drug-likeness (QED) is 0.205. The molecule has 2 aromatic rings. The number of aromatic nitrogens is 3. The zero-order chi connectivity index (χ0) is 23.9. The van der Waals surface area contributed by atoms with Gasteiger partial charge in [-0.05, 0) is 5.56 Å². The summed E-state index contributed by atoms with van der Waals surface area (Å²) in [6, 6.07) is 0. The number of hydrogen-bond acceptors (Lipinski definition) is 12. The van der Waals surface area contributed by atoms with Gasteiger partial charge in [-0.2, -0.15) is 8.62 Å². The van der Waals surface area contributed by atoms with Gasteiger partial charge >= 0.3 is 23.5 Å². The lowest BCUT2D eigenvalue weighted by molar-refractivity contribution is -0.0422. The highest BCUT2D eigenvalue weighted by atomic mass is 31.3. The molecule has 0 saturated carbocycles. The number of phosphoric ester groups is 1. The highest BCUT2D eigenvalue weighted by molar-refractivity contribution is 7.66. The number of ether oxygens (including phenoxy) is 1. The average Bonchev–Trinajstić information content (AvgIpc) is 3.18. The second-order valence-electron chi connectivity index (χ2n) is 6.54. The third-order valence-corrected chi connectivity index (χ3v) is 8.07. The van der Waals surface area contributed by atoms with Gasteiger partial charge in [0, 0.05) is 19.2 Å². The number of phosphoric acid groups is 3. The molecule has 180 valence electrons. The lowest BCUT2D eigenvalue weighted by atomic mass is 10.2. The Morgan fingerprint density at radius 3 is 2.47 bits per heavy atom. The first-order chi connectivity index (χ1) is 14.7. The lowest BCUT2D eigenvalue weighted by Gasteiger charge is -2.19. The van der Waals surface area contributed by atoms with Crippen LogP contribution in [0.5, 0.6) is 0 Å². The summed E-state index contributed by atoms with van der Waals surface area (Å²) in [5.41, 5.74) is 12.6. The van der Waals surface area contributed by atoms with Crippen molar-refractivity contribution in [2.45, 2.75) is 31.4 Å².